The monoisotopic (exact) mass is 165 g/mol. The summed E-state index contributed by atoms with van der Waals surface area (Å²) in [5.41, 5.74) is 1.97. The van der Waals surface area contributed by atoms with Gasteiger partial charge in [-0.25, -0.2) is 0 Å². The second kappa shape index (κ2) is 2.95. The van der Waals surface area contributed by atoms with Crippen LogP contribution in [0, 0.1) is 11.3 Å². The Morgan fingerprint density at radius 1 is 1.00 bits per heavy atom. The summed E-state index contributed by atoms with van der Waals surface area (Å²) >= 11 is 0. The molecule has 60 valence electrons. The second-order valence-corrected chi connectivity index (χ2v) is 3.09. The molecule has 0 fully saturated rings. The third-order valence-corrected chi connectivity index (χ3v) is 2.26. The van der Waals surface area contributed by atoms with Crippen LogP contribution in [0.1, 0.15) is 5.56 Å². The van der Waals surface area contributed by atoms with Gasteiger partial charge >= 0.3 is 0 Å². The van der Waals surface area contributed by atoms with Crippen molar-refractivity contribution in [1.82, 2.24) is 0 Å². The zero-order chi connectivity index (χ0) is 9.26. The van der Waals surface area contributed by atoms with Gasteiger partial charge in [0, 0.05) is 0 Å². The molecule has 2 aromatic rings. The molecular weight excluding hydrogens is 157 g/mol. The maximum Gasteiger partial charge on any atom is 0.140 e. The minimum absolute atomic E-state index is 0.751. The standard InChI is InChI=1S/C11H8BN/c12-11-6-5-8(7-13)9-3-1-2-4-10(9)11/h1-6H,12H2. The summed E-state index contributed by atoms with van der Waals surface area (Å²) in [6.07, 6.45) is 0. The van der Waals surface area contributed by atoms with Crippen LogP contribution in [0.4, 0.5) is 0 Å². The Balaban J connectivity index is 2.95. The molecule has 0 aromatic heterocycles. The highest BCUT2D eigenvalue weighted by Crippen LogP contribution is 2.15. The van der Waals surface area contributed by atoms with Gasteiger partial charge < -0.3 is 0 Å². The zero-order valence-corrected chi connectivity index (χ0v) is 7.41. The molecule has 0 aliphatic heterocycles. The van der Waals surface area contributed by atoms with Crippen LogP contribution in [0.5, 0.6) is 0 Å². The summed E-state index contributed by atoms with van der Waals surface area (Å²) in [7, 11) is 2.06. The molecule has 0 aliphatic rings. The van der Waals surface area contributed by atoms with E-state index in [0.29, 0.717) is 0 Å². The van der Waals surface area contributed by atoms with Crippen LogP contribution in [0.15, 0.2) is 36.4 Å². The molecule has 0 atom stereocenters. The molecule has 2 aromatic carbocycles. The fourth-order valence-corrected chi connectivity index (χ4v) is 1.55. The summed E-state index contributed by atoms with van der Waals surface area (Å²) in [5.74, 6) is 0. The first kappa shape index (κ1) is 7.88. The fraction of sp³-hybridized carbons (Fsp3) is 0. The third kappa shape index (κ3) is 1.19. The Morgan fingerprint density at radius 2 is 1.69 bits per heavy atom. The maximum atomic E-state index is 8.88. The van der Waals surface area contributed by atoms with Gasteiger partial charge in [-0.05, 0) is 16.8 Å². The molecule has 0 unspecified atom stereocenters. The zero-order valence-electron chi connectivity index (χ0n) is 7.41. The quantitative estimate of drug-likeness (QED) is 0.533. The molecule has 1 nitrogen and oxygen atoms in total. The minimum atomic E-state index is 0.751. The summed E-state index contributed by atoms with van der Waals surface area (Å²) < 4.78 is 0. The normalized spacial score (nSPS) is 9.77. The van der Waals surface area contributed by atoms with Crippen molar-refractivity contribution >= 4 is 24.1 Å². The summed E-state index contributed by atoms with van der Waals surface area (Å²) in [6.45, 7) is 0. The lowest BCUT2D eigenvalue weighted by Gasteiger charge is -2.02. The number of rotatable bonds is 0. The Bertz CT molecular complexity index is 497. The van der Waals surface area contributed by atoms with Crippen molar-refractivity contribution < 1.29 is 0 Å². The molecule has 2 heteroatoms. The van der Waals surface area contributed by atoms with Crippen molar-refractivity contribution in [3.05, 3.63) is 42.0 Å². The average Bonchev–Trinajstić information content (AvgIpc) is 2.19. The first-order valence-electron chi connectivity index (χ1n) is 4.21. The van der Waals surface area contributed by atoms with Gasteiger partial charge in [0.15, 0.2) is 0 Å². The summed E-state index contributed by atoms with van der Waals surface area (Å²) in [5, 5.41) is 11.1. The molecule has 0 N–H and O–H groups in total. The molecule has 2 rings (SSSR count). The average molecular weight is 165 g/mol. The third-order valence-electron chi connectivity index (χ3n) is 2.26. The number of nitriles is 1. The molecule has 0 bridgehead atoms. The topological polar surface area (TPSA) is 23.8 Å². The lowest BCUT2D eigenvalue weighted by atomic mass is 9.88. The van der Waals surface area contributed by atoms with Crippen LogP contribution in [0.25, 0.3) is 10.8 Å². The molecular formula is C11H8BN. The van der Waals surface area contributed by atoms with E-state index in [1.807, 2.05) is 36.4 Å². The van der Waals surface area contributed by atoms with Gasteiger partial charge in [0.25, 0.3) is 0 Å². The fourth-order valence-electron chi connectivity index (χ4n) is 1.55. The Hall–Kier alpha value is -1.75. The highest BCUT2D eigenvalue weighted by Gasteiger charge is 2.00. The van der Waals surface area contributed by atoms with E-state index >= 15 is 0 Å². The van der Waals surface area contributed by atoms with Gasteiger partial charge in [-0.15, -0.1) is 0 Å². The van der Waals surface area contributed by atoms with Crippen molar-refractivity contribution in [2.45, 2.75) is 0 Å². The molecule has 0 saturated heterocycles. The second-order valence-electron chi connectivity index (χ2n) is 3.09. The number of hydrogen-bond donors (Lipinski definition) is 0. The van der Waals surface area contributed by atoms with E-state index in [2.05, 4.69) is 13.9 Å². The maximum absolute atomic E-state index is 8.88. The van der Waals surface area contributed by atoms with E-state index in [1.165, 1.54) is 10.8 Å². The molecule has 0 spiro atoms. The van der Waals surface area contributed by atoms with E-state index in [0.717, 1.165) is 10.9 Å². The predicted molar refractivity (Wildman–Crippen MR) is 56.8 cm³/mol. The molecule has 0 heterocycles. The van der Waals surface area contributed by atoms with E-state index < -0.39 is 0 Å². The van der Waals surface area contributed by atoms with Crippen LogP contribution in [0.3, 0.4) is 0 Å². The number of hydrogen-bond acceptors (Lipinski definition) is 1. The molecule has 0 aliphatic carbocycles. The Morgan fingerprint density at radius 3 is 2.38 bits per heavy atom. The van der Waals surface area contributed by atoms with E-state index in [4.69, 9.17) is 5.26 Å². The van der Waals surface area contributed by atoms with Gasteiger partial charge in [0.05, 0.1) is 11.6 Å². The van der Waals surface area contributed by atoms with Crippen LogP contribution >= 0.6 is 0 Å². The highest BCUT2D eigenvalue weighted by molar-refractivity contribution is 6.39. The van der Waals surface area contributed by atoms with Gasteiger partial charge in [0.2, 0.25) is 0 Å². The molecule has 0 saturated carbocycles. The van der Waals surface area contributed by atoms with Gasteiger partial charge in [0.1, 0.15) is 7.85 Å². The Kier molecular flexibility index (Phi) is 1.79. The first-order chi connectivity index (χ1) is 6.33. The molecule has 13 heavy (non-hydrogen) atoms. The van der Waals surface area contributed by atoms with Gasteiger partial charge in [-0.3, -0.25) is 0 Å². The van der Waals surface area contributed by atoms with Crippen molar-refractivity contribution in [3.8, 4) is 6.07 Å². The van der Waals surface area contributed by atoms with Crippen LogP contribution in [-0.4, -0.2) is 7.85 Å². The van der Waals surface area contributed by atoms with Crippen LogP contribution in [-0.2, 0) is 0 Å². The van der Waals surface area contributed by atoms with E-state index in [9.17, 15) is 0 Å². The van der Waals surface area contributed by atoms with Crippen molar-refractivity contribution in [1.29, 1.82) is 5.26 Å². The highest BCUT2D eigenvalue weighted by atomic mass is 14.2. The van der Waals surface area contributed by atoms with E-state index in [1.54, 1.807) is 0 Å². The summed E-state index contributed by atoms with van der Waals surface area (Å²) in [4.78, 5) is 0. The lowest BCUT2D eigenvalue weighted by Crippen LogP contribution is -2.03. The van der Waals surface area contributed by atoms with Crippen molar-refractivity contribution in [3.63, 3.8) is 0 Å². The minimum Gasteiger partial charge on any atom is -0.192 e. The first-order valence-corrected chi connectivity index (χ1v) is 4.21. The van der Waals surface area contributed by atoms with Crippen molar-refractivity contribution in [2.75, 3.05) is 0 Å². The lowest BCUT2D eigenvalue weighted by molar-refractivity contribution is 1.51. The number of benzene rings is 2. The molecule has 0 amide bonds. The van der Waals surface area contributed by atoms with Crippen molar-refractivity contribution in [2.24, 2.45) is 0 Å². The van der Waals surface area contributed by atoms with Crippen LogP contribution in [0.2, 0.25) is 0 Å². The van der Waals surface area contributed by atoms with Crippen LogP contribution < -0.4 is 5.46 Å². The van der Waals surface area contributed by atoms with Gasteiger partial charge in [-0.1, -0.05) is 35.8 Å². The number of nitrogens with zero attached hydrogens (tertiary/aromatic N) is 1. The Labute approximate surface area is 78.0 Å². The largest absolute Gasteiger partial charge is 0.192 e. The SMILES string of the molecule is Bc1ccc(C#N)c2ccccc12. The predicted octanol–water partition coefficient (Wildman–Crippen LogP) is 0.970. The summed E-state index contributed by atoms with van der Waals surface area (Å²) in [6, 6.07) is 14.0. The number of fused-ring (bicyclic) bond motifs is 1. The van der Waals surface area contributed by atoms with E-state index in [-0.39, 0.29) is 0 Å². The smallest absolute Gasteiger partial charge is 0.140 e. The van der Waals surface area contributed by atoms with Gasteiger partial charge in [-0.2, -0.15) is 5.26 Å². The molecule has 0 radical (unpaired) electrons.